The number of anilines is 1. The molecule has 1 aromatic heterocycles. The molecule has 0 spiro atoms. The fraction of sp³-hybridized carbons (Fsp3) is 0.489. The summed E-state index contributed by atoms with van der Waals surface area (Å²) < 4.78 is 2.52. The third-order valence-electron chi connectivity index (χ3n) is 10.8. The van der Waals surface area contributed by atoms with E-state index in [1.165, 1.54) is 162 Å². The first-order valence-electron chi connectivity index (χ1n) is 21.1. The van der Waals surface area contributed by atoms with Gasteiger partial charge >= 0.3 is 0 Å². The summed E-state index contributed by atoms with van der Waals surface area (Å²) in [6, 6.07) is 32.2. The van der Waals surface area contributed by atoms with E-state index in [2.05, 4.69) is 87.3 Å². The normalized spacial score (nSPS) is 11.6. The average Bonchev–Trinajstić information content (AvgIpc) is 3.52. The number of benzene rings is 4. The molecule has 0 atom stereocenters. The SMILES string of the molecule is CCCCCCCCCCCN(CCCCCCCCCCCCn1c2ccccc2c2ccccc21)c1ccc(N=Nc2ccc([N+](=O)[O-])cc2)cc1. The van der Waals surface area contributed by atoms with E-state index in [0.717, 1.165) is 25.3 Å². The van der Waals surface area contributed by atoms with Gasteiger partial charge in [-0.05, 0) is 67.8 Å². The highest BCUT2D eigenvalue weighted by molar-refractivity contribution is 6.07. The third kappa shape index (κ3) is 13.1. The van der Waals surface area contributed by atoms with Crippen LogP contribution in [-0.2, 0) is 6.54 Å². The highest BCUT2D eigenvalue weighted by Crippen LogP contribution is 2.29. The molecule has 0 bridgehead atoms. The minimum Gasteiger partial charge on any atom is -0.372 e. The zero-order valence-corrected chi connectivity index (χ0v) is 32.8. The molecule has 0 saturated carbocycles. The van der Waals surface area contributed by atoms with Crippen molar-refractivity contribution in [2.45, 2.75) is 135 Å². The van der Waals surface area contributed by atoms with E-state index in [9.17, 15) is 10.1 Å². The van der Waals surface area contributed by atoms with Crippen LogP contribution in [0.15, 0.2) is 107 Å². The molecule has 0 fully saturated rings. The fourth-order valence-corrected chi connectivity index (χ4v) is 7.70. The monoisotopic (exact) mass is 729 g/mol. The molecule has 0 unspecified atom stereocenters. The number of para-hydroxylation sites is 2. The van der Waals surface area contributed by atoms with Gasteiger partial charge in [0.15, 0.2) is 0 Å². The van der Waals surface area contributed by atoms with E-state index >= 15 is 0 Å². The van der Waals surface area contributed by atoms with Gasteiger partial charge in [-0.2, -0.15) is 10.2 Å². The molecule has 7 heteroatoms. The van der Waals surface area contributed by atoms with Crippen molar-refractivity contribution in [2.24, 2.45) is 10.2 Å². The van der Waals surface area contributed by atoms with Crippen molar-refractivity contribution in [3.8, 4) is 0 Å². The summed E-state index contributed by atoms with van der Waals surface area (Å²) in [6.45, 7) is 5.57. The van der Waals surface area contributed by atoms with Gasteiger partial charge in [0.1, 0.15) is 0 Å². The highest BCUT2D eigenvalue weighted by Gasteiger charge is 2.10. The topological polar surface area (TPSA) is 76.0 Å². The van der Waals surface area contributed by atoms with Crippen molar-refractivity contribution in [3.63, 3.8) is 0 Å². The molecular weight excluding hydrogens is 667 g/mol. The number of nitrogens with zero attached hydrogens (tertiary/aromatic N) is 5. The molecule has 0 saturated heterocycles. The number of non-ortho nitro benzene ring substituents is 1. The Hall–Kier alpha value is -4.52. The Morgan fingerprint density at radius 1 is 0.519 bits per heavy atom. The number of hydrogen-bond acceptors (Lipinski definition) is 5. The van der Waals surface area contributed by atoms with Gasteiger partial charge in [-0.25, -0.2) is 0 Å². The van der Waals surface area contributed by atoms with Gasteiger partial charge in [-0.1, -0.05) is 146 Å². The first-order valence-corrected chi connectivity index (χ1v) is 21.1. The molecule has 5 rings (SSSR count). The molecular formula is C47H63N5O2. The van der Waals surface area contributed by atoms with Crippen LogP contribution in [0.1, 0.15) is 129 Å². The minimum absolute atomic E-state index is 0.0548. The van der Waals surface area contributed by atoms with E-state index in [1.807, 2.05) is 12.1 Å². The van der Waals surface area contributed by atoms with Crippen LogP contribution in [0.3, 0.4) is 0 Å². The number of fused-ring (bicyclic) bond motifs is 3. The van der Waals surface area contributed by atoms with Crippen LogP contribution < -0.4 is 4.90 Å². The first kappa shape index (κ1) is 40.7. The number of azo groups is 1. The van der Waals surface area contributed by atoms with E-state index < -0.39 is 4.92 Å². The van der Waals surface area contributed by atoms with Crippen LogP contribution in [0.4, 0.5) is 22.7 Å². The Morgan fingerprint density at radius 2 is 0.926 bits per heavy atom. The fourth-order valence-electron chi connectivity index (χ4n) is 7.70. The molecule has 288 valence electrons. The van der Waals surface area contributed by atoms with Crippen molar-refractivity contribution in [3.05, 3.63) is 107 Å². The van der Waals surface area contributed by atoms with Gasteiger partial charge in [-0.15, -0.1) is 0 Å². The van der Waals surface area contributed by atoms with Gasteiger partial charge in [0, 0.05) is 59.3 Å². The average molecular weight is 730 g/mol. The first-order chi connectivity index (χ1) is 26.6. The number of nitro benzene ring substituents is 1. The van der Waals surface area contributed by atoms with Crippen LogP contribution in [0.2, 0.25) is 0 Å². The van der Waals surface area contributed by atoms with Crippen LogP contribution in [0.25, 0.3) is 21.8 Å². The second-order valence-corrected chi connectivity index (χ2v) is 15.0. The summed E-state index contributed by atoms with van der Waals surface area (Å²) in [5.74, 6) is 0. The predicted molar refractivity (Wildman–Crippen MR) is 229 cm³/mol. The molecule has 0 radical (unpaired) electrons. The zero-order chi connectivity index (χ0) is 37.6. The lowest BCUT2D eigenvalue weighted by Gasteiger charge is -2.25. The lowest BCUT2D eigenvalue weighted by Crippen LogP contribution is -2.25. The number of nitro groups is 1. The zero-order valence-electron chi connectivity index (χ0n) is 32.8. The predicted octanol–water partition coefficient (Wildman–Crippen LogP) is 15.1. The Labute approximate surface area is 324 Å². The van der Waals surface area contributed by atoms with Crippen LogP contribution in [0.5, 0.6) is 0 Å². The van der Waals surface area contributed by atoms with Crippen molar-refractivity contribution < 1.29 is 4.92 Å². The molecule has 0 amide bonds. The van der Waals surface area contributed by atoms with Crippen molar-refractivity contribution in [1.29, 1.82) is 0 Å². The Balaban J connectivity index is 0.981. The lowest BCUT2D eigenvalue weighted by atomic mass is 10.1. The Kier molecular flexibility index (Phi) is 17.5. The Bertz CT molecular complexity index is 1780. The second-order valence-electron chi connectivity index (χ2n) is 15.0. The molecule has 0 aliphatic carbocycles. The minimum atomic E-state index is -0.404. The van der Waals surface area contributed by atoms with Gasteiger partial charge in [-0.3, -0.25) is 10.1 Å². The van der Waals surface area contributed by atoms with E-state index in [0.29, 0.717) is 5.69 Å². The summed E-state index contributed by atoms with van der Waals surface area (Å²) in [4.78, 5) is 13.1. The molecule has 0 aliphatic heterocycles. The molecule has 7 nitrogen and oxygen atoms in total. The Morgan fingerprint density at radius 3 is 1.39 bits per heavy atom. The van der Waals surface area contributed by atoms with Gasteiger partial charge in [0.2, 0.25) is 0 Å². The standard InChI is InChI=1S/C47H63N5O2/c1-2-3-4-5-6-9-12-15-22-37-50(42-33-29-40(30-34-42)48-49-41-31-35-43(36-32-41)52(53)54)38-23-16-13-10-7-8-11-14-17-24-39-51-46-27-20-18-25-44(46)45-26-19-21-28-47(45)51/h18-21,25-36H,2-17,22-24,37-39H2,1H3. The summed E-state index contributed by atoms with van der Waals surface area (Å²) in [5.41, 5.74) is 5.42. The maximum atomic E-state index is 10.9. The molecule has 0 aliphatic rings. The van der Waals surface area contributed by atoms with Gasteiger partial charge in [0.05, 0.1) is 16.3 Å². The third-order valence-corrected chi connectivity index (χ3v) is 10.8. The quantitative estimate of drug-likeness (QED) is 0.0234. The number of rotatable bonds is 27. The van der Waals surface area contributed by atoms with Crippen molar-refractivity contribution >= 4 is 44.6 Å². The number of hydrogen-bond donors (Lipinski definition) is 0. The summed E-state index contributed by atoms with van der Waals surface area (Å²) >= 11 is 0. The van der Waals surface area contributed by atoms with Crippen LogP contribution in [0, 0.1) is 10.1 Å². The van der Waals surface area contributed by atoms with E-state index in [4.69, 9.17) is 0 Å². The maximum Gasteiger partial charge on any atom is 0.269 e. The summed E-state index contributed by atoms with van der Waals surface area (Å²) in [5, 5.41) is 22.3. The number of aryl methyl sites for hydroxylation is 1. The number of unbranched alkanes of at least 4 members (excludes halogenated alkanes) is 17. The smallest absolute Gasteiger partial charge is 0.269 e. The second kappa shape index (κ2) is 23.3. The van der Waals surface area contributed by atoms with Crippen LogP contribution in [-0.4, -0.2) is 22.6 Å². The highest BCUT2D eigenvalue weighted by atomic mass is 16.6. The molecule has 5 aromatic rings. The largest absolute Gasteiger partial charge is 0.372 e. The summed E-state index contributed by atoms with van der Waals surface area (Å²) in [6.07, 6.45) is 25.2. The lowest BCUT2D eigenvalue weighted by molar-refractivity contribution is -0.384. The van der Waals surface area contributed by atoms with Crippen LogP contribution >= 0.6 is 0 Å². The molecule has 1 heterocycles. The molecule has 0 N–H and O–H groups in total. The van der Waals surface area contributed by atoms with Gasteiger partial charge < -0.3 is 9.47 Å². The maximum absolute atomic E-state index is 10.9. The van der Waals surface area contributed by atoms with E-state index in [1.54, 1.807) is 12.1 Å². The summed E-state index contributed by atoms with van der Waals surface area (Å²) in [7, 11) is 0. The van der Waals surface area contributed by atoms with Crippen molar-refractivity contribution in [1.82, 2.24) is 4.57 Å². The molecule has 4 aromatic carbocycles. The van der Waals surface area contributed by atoms with E-state index in [-0.39, 0.29) is 5.69 Å². The van der Waals surface area contributed by atoms with Gasteiger partial charge in [0.25, 0.3) is 5.69 Å². The molecule has 54 heavy (non-hydrogen) atoms. The van der Waals surface area contributed by atoms with Crippen molar-refractivity contribution in [2.75, 3.05) is 18.0 Å². The number of aromatic nitrogens is 1.